The summed E-state index contributed by atoms with van der Waals surface area (Å²) in [5.74, 6) is -0.178. The number of halogens is 1. The van der Waals surface area contributed by atoms with Crippen molar-refractivity contribution in [3.05, 3.63) is 70.8 Å². The minimum absolute atomic E-state index is 0.178. The first-order valence-corrected chi connectivity index (χ1v) is 6.32. The molecule has 0 aromatic heterocycles. The number of nitrogens with one attached hydrogen (secondary N) is 1. The van der Waals surface area contributed by atoms with E-state index in [1.165, 1.54) is 11.6 Å². The number of anilines is 1. The molecule has 0 aliphatic carbocycles. The van der Waals surface area contributed by atoms with Crippen LogP contribution in [0.2, 0.25) is 5.02 Å². The van der Waals surface area contributed by atoms with Crippen LogP contribution in [0.3, 0.4) is 0 Å². The van der Waals surface area contributed by atoms with Gasteiger partial charge < -0.3 is 5.32 Å². The highest BCUT2D eigenvalue weighted by molar-refractivity contribution is 6.30. The van der Waals surface area contributed by atoms with Crippen LogP contribution in [0.1, 0.15) is 11.1 Å². The Morgan fingerprint density at radius 2 is 1.89 bits per heavy atom. The van der Waals surface area contributed by atoms with Gasteiger partial charge in [-0.2, -0.15) is 0 Å². The summed E-state index contributed by atoms with van der Waals surface area (Å²) < 4.78 is 0. The molecule has 2 rings (SSSR count). The van der Waals surface area contributed by atoms with Crippen molar-refractivity contribution < 1.29 is 4.79 Å². The average molecular weight is 272 g/mol. The number of carbonyl (C=O) groups is 1. The Kier molecular flexibility index (Phi) is 4.37. The summed E-state index contributed by atoms with van der Waals surface area (Å²) in [4.78, 5) is 11.7. The molecular weight excluding hydrogens is 258 g/mol. The van der Waals surface area contributed by atoms with E-state index >= 15 is 0 Å². The first-order valence-electron chi connectivity index (χ1n) is 5.95. The first-order chi connectivity index (χ1) is 9.13. The minimum Gasteiger partial charge on any atom is -0.322 e. The zero-order valence-corrected chi connectivity index (χ0v) is 11.3. The van der Waals surface area contributed by atoms with Gasteiger partial charge in [-0.3, -0.25) is 4.79 Å². The number of hydrogen-bond acceptors (Lipinski definition) is 1. The molecule has 2 aromatic rings. The Morgan fingerprint density at radius 1 is 1.16 bits per heavy atom. The summed E-state index contributed by atoms with van der Waals surface area (Å²) in [7, 11) is 0. The van der Waals surface area contributed by atoms with E-state index in [9.17, 15) is 4.79 Å². The smallest absolute Gasteiger partial charge is 0.248 e. The predicted molar refractivity (Wildman–Crippen MR) is 80.3 cm³/mol. The number of rotatable bonds is 3. The summed E-state index contributed by atoms with van der Waals surface area (Å²) in [6.07, 6.45) is 3.28. The van der Waals surface area contributed by atoms with E-state index in [4.69, 9.17) is 11.6 Å². The molecule has 0 heterocycles. The molecule has 2 nitrogen and oxygen atoms in total. The lowest BCUT2D eigenvalue weighted by Crippen LogP contribution is -2.07. The van der Waals surface area contributed by atoms with Gasteiger partial charge >= 0.3 is 0 Å². The Balaban J connectivity index is 1.99. The maximum Gasteiger partial charge on any atom is 0.248 e. The number of amides is 1. The van der Waals surface area contributed by atoms with Gasteiger partial charge in [0.25, 0.3) is 0 Å². The third kappa shape index (κ3) is 4.27. The molecule has 0 aliphatic heterocycles. The number of carbonyl (C=O) groups excluding carboxylic acids is 1. The molecule has 0 saturated carbocycles. The van der Waals surface area contributed by atoms with Crippen molar-refractivity contribution in [1.29, 1.82) is 0 Å². The fourth-order valence-electron chi connectivity index (χ4n) is 1.60. The third-order valence-electron chi connectivity index (χ3n) is 2.60. The highest BCUT2D eigenvalue weighted by atomic mass is 35.5. The molecule has 96 valence electrons. The van der Waals surface area contributed by atoms with Crippen molar-refractivity contribution in [2.75, 3.05) is 5.32 Å². The number of hydrogen-bond donors (Lipinski definition) is 1. The van der Waals surface area contributed by atoms with Gasteiger partial charge in [0, 0.05) is 16.8 Å². The zero-order valence-electron chi connectivity index (χ0n) is 10.6. The molecule has 0 spiro atoms. The predicted octanol–water partition coefficient (Wildman–Crippen LogP) is 4.30. The summed E-state index contributed by atoms with van der Waals surface area (Å²) in [5.41, 5.74) is 2.87. The van der Waals surface area contributed by atoms with E-state index in [2.05, 4.69) is 5.32 Å². The van der Waals surface area contributed by atoms with Crippen molar-refractivity contribution >= 4 is 29.3 Å². The third-order valence-corrected chi connectivity index (χ3v) is 2.83. The van der Waals surface area contributed by atoms with Crippen molar-refractivity contribution in [3.8, 4) is 0 Å². The highest BCUT2D eigenvalue weighted by Crippen LogP contribution is 2.15. The molecule has 2 aromatic carbocycles. The Morgan fingerprint density at radius 3 is 2.58 bits per heavy atom. The van der Waals surface area contributed by atoms with Gasteiger partial charge in [0.2, 0.25) is 5.91 Å². The van der Waals surface area contributed by atoms with Gasteiger partial charge in [-0.1, -0.05) is 47.5 Å². The van der Waals surface area contributed by atoms with Gasteiger partial charge in [-0.05, 0) is 36.8 Å². The van der Waals surface area contributed by atoms with E-state index in [1.807, 2.05) is 31.2 Å². The van der Waals surface area contributed by atoms with E-state index < -0.39 is 0 Å². The van der Waals surface area contributed by atoms with Crippen LogP contribution >= 0.6 is 11.6 Å². The average Bonchev–Trinajstić information content (AvgIpc) is 2.38. The monoisotopic (exact) mass is 271 g/mol. The molecule has 1 N–H and O–H groups in total. The second kappa shape index (κ2) is 6.21. The molecule has 19 heavy (non-hydrogen) atoms. The normalized spacial score (nSPS) is 10.6. The summed E-state index contributed by atoms with van der Waals surface area (Å²) >= 11 is 5.85. The Hall–Kier alpha value is -2.06. The molecule has 3 heteroatoms. The van der Waals surface area contributed by atoms with Crippen LogP contribution in [-0.4, -0.2) is 5.91 Å². The second-order valence-electron chi connectivity index (χ2n) is 4.24. The van der Waals surface area contributed by atoms with Gasteiger partial charge in [0.15, 0.2) is 0 Å². The van der Waals surface area contributed by atoms with Gasteiger partial charge in [0.05, 0.1) is 0 Å². The van der Waals surface area contributed by atoms with Gasteiger partial charge in [-0.15, -0.1) is 0 Å². The van der Waals surface area contributed by atoms with Crippen molar-refractivity contribution in [3.63, 3.8) is 0 Å². The fourth-order valence-corrected chi connectivity index (χ4v) is 1.79. The number of aryl methyl sites for hydroxylation is 1. The minimum atomic E-state index is -0.178. The second-order valence-corrected chi connectivity index (χ2v) is 4.68. The Bertz CT molecular complexity index is 602. The molecule has 0 unspecified atom stereocenters. The molecular formula is C16H14ClNO. The van der Waals surface area contributed by atoms with E-state index in [1.54, 1.807) is 30.3 Å². The van der Waals surface area contributed by atoms with Crippen LogP contribution in [0.4, 0.5) is 5.69 Å². The topological polar surface area (TPSA) is 29.1 Å². The van der Waals surface area contributed by atoms with Gasteiger partial charge in [-0.25, -0.2) is 0 Å². The quantitative estimate of drug-likeness (QED) is 0.829. The highest BCUT2D eigenvalue weighted by Gasteiger charge is 1.98. The standard InChI is InChI=1S/C16H14ClNO/c1-12-5-7-13(8-6-12)9-10-16(19)18-15-4-2-3-14(17)11-15/h2-11H,1H3,(H,18,19)/b10-9+. The van der Waals surface area contributed by atoms with E-state index in [0.29, 0.717) is 10.7 Å². The largest absolute Gasteiger partial charge is 0.322 e. The van der Waals surface area contributed by atoms with Crippen LogP contribution in [0.25, 0.3) is 6.08 Å². The molecule has 0 fully saturated rings. The van der Waals surface area contributed by atoms with Crippen LogP contribution in [0.5, 0.6) is 0 Å². The fraction of sp³-hybridized carbons (Fsp3) is 0.0625. The van der Waals surface area contributed by atoms with Crippen LogP contribution < -0.4 is 5.32 Å². The summed E-state index contributed by atoms with van der Waals surface area (Å²) in [5, 5.41) is 3.35. The Labute approximate surface area is 117 Å². The molecule has 0 bridgehead atoms. The van der Waals surface area contributed by atoms with Crippen molar-refractivity contribution in [1.82, 2.24) is 0 Å². The maximum atomic E-state index is 11.7. The lowest BCUT2D eigenvalue weighted by Gasteiger charge is -2.02. The van der Waals surface area contributed by atoms with E-state index in [-0.39, 0.29) is 5.91 Å². The molecule has 0 saturated heterocycles. The molecule has 1 amide bonds. The van der Waals surface area contributed by atoms with Gasteiger partial charge in [0.1, 0.15) is 0 Å². The lowest BCUT2D eigenvalue weighted by atomic mass is 10.1. The maximum absolute atomic E-state index is 11.7. The number of benzene rings is 2. The molecule has 0 atom stereocenters. The zero-order chi connectivity index (χ0) is 13.7. The summed E-state index contributed by atoms with van der Waals surface area (Å²) in [6, 6.07) is 15.0. The first kappa shape index (κ1) is 13.4. The summed E-state index contributed by atoms with van der Waals surface area (Å²) in [6.45, 7) is 2.03. The molecule has 0 radical (unpaired) electrons. The van der Waals surface area contributed by atoms with E-state index in [0.717, 1.165) is 5.56 Å². The van der Waals surface area contributed by atoms with Crippen molar-refractivity contribution in [2.45, 2.75) is 6.92 Å². The SMILES string of the molecule is Cc1ccc(/C=C/C(=O)Nc2cccc(Cl)c2)cc1. The van der Waals surface area contributed by atoms with Crippen LogP contribution in [0.15, 0.2) is 54.6 Å². The molecule has 0 aliphatic rings. The van der Waals surface area contributed by atoms with Crippen molar-refractivity contribution in [2.24, 2.45) is 0 Å². The van der Waals surface area contributed by atoms with Crippen LogP contribution in [0, 0.1) is 6.92 Å². The van der Waals surface area contributed by atoms with Crippen LogP contribution in [-0.2, 0) is 4.79 Å². The lowest BCUT2D eigenvalue weighted by molar-refractivity contribution is -0.111.